The number of amides is 1. The molecule has 1 aliphatic heterocycles. The van der Waals surface area contributed by atoms with Crippen molar-refractivity contribution in [2.75, 3.05) is 11.9 Å². The summed E-state index contributed by atoms with van der Waals surface area (Å²) in [6.07, 6.45) is 0.277. The first-order chi connectivity index (χ1) is 18.5. The maximum absolute atomic E-state index is 14.1. The van der Waals surface area contributed by atoms with E-state index >= 15 is 0 Å². The van der Waals surface area contributed by atoms with Gasteiger partial charge in [0, 0.05) is 24.3 Å². The number of hydrogen-bond donors (Lipinski definition) is 1. The van der Waals surface area contributed by atoms with Crippen molar-refractivity contribution in [2.24, 2.45) is 0 Å². The van der Waals surface area contributed by atoms with Crippen LogP contribution in [-0.2, 0) is 22.6 Å². The molecule has 12 heteroatoms. The average molecular weight is 565 g/mol. The number of imidazole rings is 1. The summed E-state index contributed by atoms with van der Waals surface area (Å²) in [7, 11) is 0. The molecule has 0 saturated heterocycles. The fourth-order valence-corrected chi connectivity index (χ4v) is 4.79. The van der Waals surface area contributed by atoms with E-state index in [1.54, 1.807) is 28.8 Å². The Balaban J connectivity index is 1.44. The van der Waals surface area contributed by atoms with Crippen molar-refractivity contribution in [3.8, 4) is 11.3 Å². The molecular formula is C27H22ClF5N4O2. The van der Waals surface area contributed by atoms with E-state index in [2.05, 4.69) is 15.0 Å². The number of carbonyl (C=O) groups excluding carboxylic acids is 1. The van der Waals surface area contributed by atoms with Crippen LogP contribution in [0.2, 0.25) is 5.02 Å². The van der Waals surface area contributed by atoms with Gasteiger partial charge in [0.1, 0.15) is 34.6 Å². The van der Waals surface area contributed by atoms with Crippen LogP contribution in [0.4, 0.5) is 33.5 Å². The SMILES string of the molecule is O=C(CC1(OC(F)(F)F)C=CC=CC1)N1CCn2c(nc(-c3ccc(F)cc3)c2Nc2ccc(Cl)c(F)c2)C1. The summed E-state index contributed by atoms with van der Waals surface area (Å²) in [5.41, 5.74) is -0.428. The monoisotopic (exact) mass is 564 g/mol. The lowest BCUT2D eigenvalue weighted by molar-refractivity contribution is -0.357. The van der Waals surface area contributed by atoms with Crippen LogP contribution in [0.1, 0.15) is 18.7 Å². The summed E-state index contributed by atoms with van der Waals surface area (Å²) in [4.78, 5) is 19.3. The number of halogens is 6. The van der Waals surface area contributed by atoms with E-state index in [1.807, 2.05) is 0 Å². The Morgan fingerprint density at radius 1 is 1.10 bits per heavy atom. The minimum atomic E-state index is -4.92. The van der Waals surface area contributed by atoms with Gasteiger partial charge in [-0.1, -0.05) is 35.9 Å². The van der Waals surface area contributed by atoms with Gasteiger partial charge in [0.2, 0.25) is 5.91 Å². The predicted octanol–water partition coefficient (Wildman–Crippen LogP) is 6.75. The van der Waals surface area contributed by atoms with Crippen LogP contribution in [0.25, 0.3) is 11.3 Å². The molecule has 2 aromatic carbocycles. The van der Waals surface area contributed by atoms with E-state index in [1.165, 1.54) is 47.4 Å². The molecule has 2 aliphatic rings. The van der Waals surface area contributed by atoms with Crippen LogP contribution in [0, 0.1) is 11.6 Å². The summed E-state index contributed by atoms with van der Waals surface area (Å²) in [5.74, 6) is -0.637. The number of nitrogens with one attached hydrogen (secondary N) is 1. The highest BCUT2D eigenvalue weighted by Crippen LogP contribution is 2.37. The number of ether oxygens (including phenoxy) is 1. The van der Waals surface area contributed by atoms with Crippen LogP contribution in [-0.4, -0.2) is 38.9 Å². The maximum atomic E-state index is 14.1. The van der Waals surface area contributed by atoms with Crippen LogP contribution in [0.5, 0.6) is 0 Å². The highest BCUT2D eigenvalue weighted by atomic mass is 35.5. The zero-order valence-electron chi connectivity index (χ0n) is 20.3. The first-order valence-electron chi connectivity index (χ1n) is 12.0. The van der Waals surface area contributed by atoms with Gasteiger partial charge in [0.25, 0.3) is 0 Å². The number of anilines is 2. The molecule has 0 fully saturated rings. The fourth-order valence-electron chi connectivity index (χ4n) is 4.68. The first kappa shape index (κ1) is 26.9. The number of carbonyl (C=O) groups is 1. The minimum absolute atomic E-state index is 0.0192. The Hall–Kier alpha value is -3.70. The largest absolute Gasteiger partial charge is 0.523 e. The lowest BCUT2D eigenvalue weighted by Crippen LogP contribution is -2.45. The number of aromatic nitrogens is 2. The number of hydrogen-bond acceptors (Lipinski definition) is 4. The summed E-state index contributed by atoms with van der Waals surface area (Å²) in [6, 6.07) is 9.86. The zero-order chi connectivity index (χ0) is 27.8. The Morgan fingerprint density at radius 3 is 2.54 bits per heavy atom. The van der Waals surface area contributed by atoms with E-state index < -0.39 is 35.9 Å². The molecule has 1 aromatic heterocycles. The summed E-state index contributed by atoms with van der Waals surface area (Å²) in [5, 5.41) is 3.10. The predicted molar refractivity (Wildman–Crippen MR) is 135 cm³/mol. The fraction of sp³-hybridized carbons (Fsp3) is 0.259. The molecule has 0 spiro atoms. The number of alkyl halides is 3. The highest BCUT2D eigenvalue weighted by Gasteiger charge is 2.44. The molecule has 1 aliphatic carbocycles. The van der Waals surface area contributed by atoms with Crippen molar-refractivity contribution < 1.29 is 31.5 Å². The molecule has 1 amide bonds. The third-order valence-electron chi connectivity index (χ3n) is 6.51. The van der Waals surface area contributed by atoms with Gasteiger partial charge >= 0.3 is 6.36 Å². The number of rotatable bonds is 6. The van der Waals surface area contributed by atoms with Gasteiger partial charge in [0.15, 0.2) is 0 Å². The molecule has 2 heterocycles. The van der Waals surface area contributed by atoms with Gasteiger partial charge in [0.05, 0.1) is 18.0 Å². The van der Waals surface area contributed by atoms with E-state index in [9.17, 15) is 26.7 Å². The van der Waals surface area contributed by atoms with Crippen molar-refractivity contribution in [1.29, 1.82) is 0 Å². The number of nitrogens with zero attached hydrogens (tertiary/aromatic N) is 3. The third kappa shape index (κ3) is 5.99. The smallest absolute Gasteiger partial charge is 0.340 e. The number of allylic oxidation sites excluding steroid dienone is 2. The molecule has 39 heavy (non-hydrogen) atoms. The molecule has 1 atom stereocenters. The van der Waals surface area contributed by atoms with Crippen molar-refractivity contribution in [2.45, 2.75) is 37.9 Å². The summed E-state index contributed by atoms with van der Waals surface area (Å²) in [6.45, 7) is 0.470. The molecule has 6 nitrogen and oxygen atoms in total. The van der Waals surface area contributed by atoms with Gasteiger partial charge in [-0.25, -0.2) is 13.8 Å². The number of fused-ring (bicyclic) bond motifs is 1. The van der Waals surface area contributed by atoms with Gasteiger partial charge < -0.3 is 14.8 Å². The van der Waals surface area contributed by atoms with E-state index in [0.717, 1.165) is 0 Å². The number of benzene rings is 2. The second-order valence-corrected chi connectivity index (χ2v) is 9.64. The van der Waals surface area contributed by atoms with Crippen LogP contribution in [0.15, 0.2) is 66.8 Å². The zero-order valence-corrected chi connectivity index (χ0v) is 21.1. The molecule has 1 N–H and O–H groups in total. The normalized spacial score (nSPS) is 18.8. The molecule has 3 aromatic rings. The van der Waals surface area contributed by atoms with Gasteiger partial charge in [-0.3, -0.25) is 9.53 Å². The van der Waals surface area contributed by atoms with Crippen molar-refractivity contribution in [3.05, 3.63) is 89.3 Å². The minimum Gasteiger partial charge on any atom is -0.340 e. The summed E-state index contributed by atoms with van der Waals surface area (Å²) < 4.78 is 73.4. The molecule has 1 unspecified atom stereocenters. The Kier molecular flexibility index (Phi) is 7.21. The molecule has 0 saturated carbocycles. The lowest BCUT2D eigenvalue weighted by Gasteiger charge is -2.35. The standard InChI is InChI=1S/C27H22ClF5N4O2/c28-20-9-8-19(14-21(20)30)34-25-24(17-4-6-18(29)7-5-17)35-22-16-36(12-13-37(22)25)23(38)15-26(39-27(31,32)33)10-2-1-3-11-26/h1-10,14,34H,11-13,15-16H2. The van der Waals surface area contributed by atoms with Gasteiger partial charge in [-0.05, 0) is 48.9 Å². The average Bonchev–Trinajstić information content (AvgIpc) is 3.23. The van der Waals surface area contributed by atoms with Crippen LogP contribution >= 0.6 is 11.6 Å². The lowest BCUT2D eigenvalue weighted by atomic mass is 9.90. The van der Waals surface area contributed by atoms with Crippen LogP contribution < -0.4 is 5.32 Å². The Bertz CT molecular complexity index is 1450. The van der Waals surface area contributed by atoms with E-state index in [0.29, 0.717) is 28.6 Å². The van der Waals surface area contributed by atoms with Crippen molar-refractivity contribution >= 4 is 29.0 Å². The van der Waals surface area contributed by atoms with Crippen molar-refractivity contribution in [3.63, 3.8) is 0 Å². The molecule has 5 rings (SSSR count). The highest BCUT2D eigenvalue weighted by molar-refractivity contribution is 6.30. The Labute approximate surface area is 225 Å². The van der Waals surface area contributed by atoms with E-state index in [-0.39, 0.29) is 31.1 Å². The molecule has 204 valence electrons. The van der Waals surface area contributed by atoms with Crippen molar-refractivity contribution in [1.82, 2.24) is 14.5 Å². The molecule has 0 radical (unpaired) electrons. The second-order valence-electron chi connectivity index (χ2n) is 9.23. The maximum Gasteiger partial charge on any atom is 0.523 e. The second kappa shape index (κ2) is 10.5. The molecular weight excluding hydrogens is 543 g/mol. The first-order valence-corrected chi connectivity index (χ1v) is 12.4. The quantitative estimate of drug-likeness (QED) is 0.337. The third-order valence-corrected chi connectivity index (χ3v) is 6.81. The van der Waals surface area contributed by atoms with Gasteiger partial charge in [-0.15, -0.1) is 13.2 Å². The Morgan fingerprint density at radius 2 is 1.87 bits per heavy atom. The van der Waals surface area contributed by atoms with Gasteiger partial charge in [-0.2, -0.15) is 0 Å². The topological polar surface area (TPSA) is 59.4 Å². The van der Waals surface area contributed by atoms with E-state index in [4.69, 9.17) is 11.6 Å². The molecule has 0 bridgehead atoms. The van der Waals surface area contributed by atoms with Crippen LogP contribution in [0.3, 0.4) is 0 Å². The summed E-state index contributed by atoms with van der Waals surface area (Å²) >= 11 is 5.81.